The molecule has 0 spiro atoms. The maximum absolute atomic E-state index is 13.3. The summed E-state index contributed by atoms with van der Waals surface area (Å²) in [6, 6.07) is 2.52. The van der Waals surface area contributed by atoms with E-state index in [1.165, 1.54) is 11.0 Å². The van der Waals surface area contributed by atoms with Crippen LogP contribution in [0.15, 0.2) is 12.1 Å². The van der Waals surface area contributed by atoms with E-state index in [2.05, 4.69) is 13.8 Å². The Labute approximate surface area is 112 Å². The fraction of sp³-hybridized carbons (Fsp3) is 0.467. The van der Waals surface area contributed by atoms with Gasteiger partial charge in [0, 0.05) is 6.54 Å². The Bertz CT molecular complexity index is 537. The molecule has 19 heavy (non-hydrogen) atoms. The van der Waals surface area contributed by atoms with Crippen LogP contribution in [0.25, 0.3) is 0 Å². The number of carbonyl (C=O) groups excluding carboxylic acids is 2. The van der Waals surface area contributed by atoms with E-state index in [1.807, 2.05) is 0 Å². The first kappa shape index (κ1) is 13.7. The van der Waals surface area contributed by atoms with Crippen LogP contribution in [-0.2, 0) is 4.79 Å². The summed E-state index contributed by atoms with van der Waals surface area (Å²) in [4.78, 5) is 25.3. The topological polar surface area (TPSA) is 37.4 Å². The van der Waals surface area contributed by atoms with E-state index in [4.69, 9.17) is 0 Å². The SMILES string of the molecule is Cc1cc(F)cc2c1N(CCCC(C)C)C(=O)C2=O. The smallest absolute Gasteiger partial charge is 0.299 e. The summed E-state index contributed by atoms with van der Waals surface area (Å²) in [6.45, 7) is 6.47. The lowest BCUT2D eigenvalue weighted by atomic mass is 10.1. The van der Waals surface area contributed by atoms with Crippen molar-refractivity contribution in [2.45, 2.75) is 33.6 Å². The average Bonchev–Trinajstić information content (AvgIpc) is 2.54. The van der Waals surface area contributed by atoms with E-state index in [9.17, 15) is 14.0 Å². The predicted molar refractivity (Wildman–Crippen MR) is 71.9 cm³/mol. The zero-order valence-electron chi connectivity index (χ0n) is 11.5. The minimum atomic E-state index is -0.595. The van der Waals surface area contributed by atoms with E-state index >= 15 is 0 Å². The molecular weight excluding hydrogens is 245 g/mol. The Kier molecular flexibility index (Phi) is 3.69. The van der Waals surface area contributed by atoms with Crippen molar-refractivity contribution < 1.29 is 14.0 Å². The van der Waals surface area contributed by atoms with E-state index in [1.54, 1.807) is 6.92 Å². The number of anilines is 1. The van der Waals surface area contributed by atoms with Crippen molar-refractivity contribution in [1.82, 2.24) is 0 Å². The molecule has 0 saturated heterocycles. The molecule has 1 aliphatic rings. The van der Waals surface area contributed by atoms with Gasteiger partial charge in [-0.25, -0.2) is 4.39 Å². The molecule has 0 aliphatic carbocycles. The van der Waals surface area contributed by atoms with Crippen molar-refractivity contribution in [2.75, 3.05) is 11.4 Å². The van der Waals surface area contributed by atoms with E-state index in [0.717, 1.165) is 18.9 Å². The number of ketones is 1. The first-order valence-electron chi connectivity index (χ1n) is 6.58. The summed E-state index contributed by atoms with van der Waals surface area (Å²) >= 11 is 0. The number of halogens is 1. The van der Waals surface area contributed by atoms with Gasteiger partial charge in [-0.15, -0.1) is 0 Å². The lowest BCUT2D eigenvalue weighted by Crippen LogP contribution is -2.31. The zero-order valence-corrected chi connectivity index (χ0v) is 11.5. The summed E-state index contributed by atoms with van der Waals surface area (Å²) < 4.78 is 13.3. The second kappa shape index (κ2) is 5.11. The van der Waals surface area contributed by atoms with Crippen LogP contribution in [0.3, 0.4) is 0 Å². The normalized spacial score (nSPS) is 14.5. The zero-order chi connectivity index (χ0) is 14.2. The predicted octanol–water partition coefficient (Wildman–Crippen LogP) is 3.10. The molecule has 1 aromatic carbocycles. The highest BCUT2D eigenvalue weighted by Gasteiger charge is 2.36. The highest BCUT2D eigenvalue weighted by molar-refractivity contribution is 6.52. The van der Waals surface area contributed by atoms with Crippen LogP contribution in [-0.4, -0.2) is 18.2 Å². The fourth-order valence-corrected chi connectivity index (χ4v) is 2.48. The largest absolute Gasteiger partial charge is 0.304 e. The number of benzene rings is 1. The van der Waals surface area contributed by atoms with Crippen molar-refractivity contribution in [1.29, 1.82) is 0 Å². The standard InChI is InChI=1S/C15H18FNO2/c1-9(2)5-4-6-17-13-10(3)7-11(16)8-12(13)14(18)15(17)19/h7-9H,4-6H2,1-3H3. The number of amides is 1. The van der Waals surface area contributed by atoms with Crippen LogP contribution in [0.5, 0.6) is 0 Å². The first-order valence-corrected chi connectivity index (χ1v) is 6.58. The molecular formula is C15H18FNO2. The third-order valence-electron chi connectivity index (χ3n) is 3.38. The van der Waals surface area contributed by atoms with Crippen LogP contribution >= 0.6 is 0 Å². The number of aryl methyl sites for hydroxylation is 1. The Morgan fingerprint density at radius 2 is 1.95 bits per heavy atom. The summed E-state index contributed by atoms with van der Waals surface area (Å²) in [6.07, 6.45) is 1.83. The minimum Gasteiger partial charge on any atom is -0.304 e. The molecule has 0 radical (unpaired) electrons. The first-order chi connectivity index (χ1) is 8.91. The number of fused-ring (bicyclic) bond motifs is 1. The van der Waals surface area contributed by atoms with Gasteiger partial charge >= 0.3 is 0 Å². The molecule has 102 valence electrons. The summed E-state index contributed by atoms with van der Waals surface area (Å²) in [5.74, 6) is -1.04. The van der Waals surface area contributed by atoms with Gasteiger partial charge in [0.25, 0.3) is 11.7 Å². The van der Waals surface area contributed by atoms with E-state index in [0.29, 0.717) is 23.7 Å². The molecule has 4 heteroatoms. The molecule has 0 unspecified atom stereocenters. The second-order valence-corrected chi connectivity index (χ2v) is 5.44. The molecule has 0 aromatic heterocycles. The number of nitrogens with zero attached hydrogens (tertiary/aromatic N) is 1. The molecule has 1 aliphatic heterocycles. The van der Waals surface area contributed by atoms with Gasteiger partial charge in [0.15, 0.2) is 0 Å². The van der Waals surface area contributed by atoms with Gasteiger partial charge in [-0.3, -0.25) is 9.59 Å². The molecule has 0 saturated carbocycles. The van der Waals surface area contributed by atoms with Gasteiger partial charge in [-0.2, -0.15) is 0 Å². The lowest BCUT2D eigenvalue weighted by Gasteiger charge is -2.18. The summed E-state index contributed by atoms with van der Waals surface area (Å²) in [7, 11) is 0. The molecule has 0 atom stereocenters. The lowest BCUT2D eigenvalue weighted by molar-refractivity contribution is -0.114. The number of hydrogen-bond donors (Lipinski definition) is 0. The molecule has 0 N–H and O–H groups in total. The van der Waals surface area contributed by atoms with Crippen molar-refractivity contribution in [2.24, 2.45) is 5.92 Å². The number of hydrogen-bond acceptors (Lipinski definition) is 2. The maximum Gasteiger partial charge on any atom is 0.299 e. The summed E-state index contributed by atoms with van der Waals surface area (Å²) in [5, 5.41) is 0. The fourth-order valence-electron chi connectivity index (χ4n) is 2.48. The number of Topliss-reactive ketones (excluding diaryl/α,β-unsaturated/α-hetero) is 1. The number of carbonyl (C=O) groups is 2. The highest BCUT2D eigenvalue weighted by atomic mass is 19.1. The number of rotatable bonds is 4. The minimum absolute atomic E-state index is 0.201. The van der Waals surface area contributed by atoms with Crippen LogP contribution < -0.4 is 4.90 Å². The molecule has 3 nitrogen and oxygen atoms in total. The van der Waals surface area contributed by atoms with Crippen molar-refractivity contribution in [3.63, 3.8) is 0 Å². The van der Waals surface area contributed by atoms with Gasteiger partial charge in [0.05, 0.1) is 11.3 Å². The van der Waals surface area contributed by atoms with Gasteiger partial charge in [0.1, 0.15) is 5.82 Å². The Morgan fingerprint density at radius 3 is 2.58 bits per heavy atom. The molecule has 1 heterocycles. The molecule has 0 bridgehead atoms. The summed E-state index contributed by atoms with van der Waals surface area (Å²) in [5.41, 5.74) is 1.42. The van der Waals surface area contributed by atoms with Crippen molar-refractivity contribution >= 4 is 17.4 Å². The third kappa shape index (κ3) is 2.53. The van der Waals surface area contributed by atoms with Crippen LogP contribution in [0.4, 0.5) is 10.1 Å². The Balaban J connectivity index is 2.28. The van der Waals surface area contributed by atoms with Crippen LogP contribution in [0.1, 0.15) is 42.6 Å². The highest BCUT2D eigenvalue weighted by Crippen LogP contribution is 2.33. The Morgan fingerprint density at radius 1 is 1.26 bits per heavy atom. The van der Waals surface area contributed by atoms with Crippen LogP contribution in [0, 0.1) is 18.7 Å². The quantitative estimate of drug-likeness (QED) is 0.783. The average molecular weight is 263 g/mol. The maximum atomic E-state index is 13.3. The molecule has 2 rings (SSSR count). The van der Waals surface area contributed by atoms with Crippen LogP contribution in [0.2, 0.25) is 0 Å². The monoisotopic (exact) mass is 263 g/mol. The van der Waals surface area contributed by atoms with E-state index < -0.39 is 17.5 Å². The van der Waals surface area contributed by atoms with Gasteiger partial charge in [-0.05, 0) is 43.4 Å². The van der Waals surface area contributed by atoms with Crippen molar-refractivity contribution in [3.8, 4) is 0 Å². The molecule has 1 amide bonds. The Hall–Kier alpha value is -1.71. The van der Waals surface area contributed by atoms with Gasteiger partial charge in [-0.1, -0.05) is 13.8 Å². The van der Waals surface area contributed by atoms with Gasteiger partial charge in [0.2, 0.25) is 0 Å². The van der Waals surface area contributed by atoms with Gasteiger partial charge < -0.3 is 4.90 Å². The molecule has 0 fully saturated rings. The third-order valence-corrected chi connectivity index (χ3v) is 3.38. The second-order valence-electron chi connectivity index (χ2n) is 5.44. The van der Waals surface area contributed by atoms with Crippen molar-refractivity contribution in [3.05, 3.63) is 29.1 Å². The van der Waals surface area contributed by atoms with E-state index in [-0.39, 0.29) is 5.56 Å². The molecule has 1 aromatic rings.